The lowest BCUT2D eigenvalue weighted by atomic mass is 10.2. The number of nitrogens with zero attached hydrogens (tertiary/aromatic N) is 3. The Morgan fingerprint density at radius 3 is 2.46 bits per heavy atom. The van der Waals surface area contributed by atoms with Gasteiger partial charge in [0, 0.05) is 49.0 Å². The zero-order valence-electron chi connectivity index (χ0n) is 16.3. The van der Waals surface area contributed by atoms with Gasteiger partial charge in [-0.25, -0.2) is 0 Å². The summed E-state index contributed by atoms with van der Waals surface area (Å²) in [5, 5.41) is 10.1. The molecule has 1 fully saturated rings. The van der Waals surface area contributed by atoms with Crippen molar-refractivity contribution in [2.45, 2.75) is 6.54 Å². The molecule has 6 nitrogen and oxygen atoms in total. The number of halogens is 1. The molecule has 1 N–H and O–H groups in total. The summed E-state index contributed by atoms with van der Waals surface area (Å²) in [5.41, 5.74) is 2.03. The molecule has 0 unspecified atom stereocenters. The molecule has 0 spiro atoms. The van der Waals surface area contributed by atoms with Gasteiger partial charge in [-0.3, -0.25) is 9.69 Å². The SMILES string of the molecule is COc1ccc(Cl)cc1CN(C)CC(=O)N1CCN(c2ccc(O)cc2)CC1. The van der Waals surface area contributed by atoms with Gasteiger partial charge in [-0.05, 0) is 49.5 Å². The third-order valence-corrected chi connectivity index (χ3v) is 5.17. The van der Waals surface area contributed by atoms with Gasteiger partial charge in [0.1, 0.15) is 11.5 Å². The average molecular weight is 404 g/mol. The minimum absolute atomic E-state index is 0.119. The zero-order valence-corrected chi connectivity index (χ0v) is 17.0. The number of likely N-dealkylation sites (N-methyl/N-ethyl adjacent to an activating group) is 1. The number of ether oxygens (including phenoxy) is 1. The summed E-state index contributed by atoms with van der Waals surface area (Å²) >= 11 is 6.09. The van der Waals surface area contributed by atoms with Gasteiger partial charge in [-0.1, -0.05) is 11.6 Å². The van der Waals surface area contributed by atoms with Crippen LogP contribution in [-0.4, -0.2) is 67.7 Å². The first-order valence-corrected chi connectivity index (χ1v) is 9.67. The summed E-state index contributed by atoms with van der Waals surface area (Å²) in [6.07, 6.45) is 0. The van der Waals surface area contributed by atoms with Gasteiger partial charge < -0.3 is 19.6 Å². The Morgan fingerprint density at radius 1 is 1.14 bits per heavy atom. The van der Waals surface area contributed by atoms with E-state index in [1.165, 1.54) is 0 Å². The van der Waals surface area contributed by atoms with Crippen molar-refractivity contribution in [1.82, 2.24) is 9.80 Å². The molecule has 150 valence electrons. The van der Waals surface area contributed by atoms with Gasteiger partial charge in [-0.2, -0.15) is 0 Å². The lowest BCUT2D eigenvalue weighted by Crippen LogP contribution is -2.51. The minimum Gasteiger partial charge on any atom is -0.508 e. The van der Waals surface area contributed by atoms with Crippen LogP contribution < -0.4 is 9.64 Å². The van der Waals surface area contributed by atoms with Crippen LogP contribution in [0.1, 0.15) is 5.56 Å². The highest BCUT2D eigenvalue weighted by atomic mass is 35.5. The molecule has 2 aromatic carbocycles. The number of amides is 1. The molecule has 1 heterocycles. The van der Waals surface area contributed by atoms with Crippen LogP contribution in [0.4, 0.5) is 5.69 Å². The van der Waals surface area contributed by atoms with Crippen LogP contribution in [0.3, 0.4) is 0 Å². The average Bonchev–Trinajstić information content (AvgIpc) is 2.69. The summed E-state index contributed by atoms with van der Waals surface area (Å²) in [4.78, 5) is 18.8. The van der Waals surface area contributed by atoms with E-state index in [0.717, 1.165) is 30.1 Å². The number of rotatable bonds is 6. The van der Waals surface area contributed by atoms with Crippen LogP contribution >= 0.6 is 11.6 Å². The number of benzene rings is 2. The number of piperazine rings is 1. The molecule has 2 aromatic rings. The minimum atomic E-state index is 0.119. The predicted molar refractivity (Wildman–Crippen MR) is 111 cm³/mol. The van der Waals surface area contributed by atoms with Crippen LogP contribution in [0.25, 0.3) is 0 Å². The van der Waals surface area contributed by atoms with Crippen LogP contribution in [0, 0.1) is 0 Å². The molecule has 1 aliphatic heterocycles. The molecule has 0 bridgehead atoms. The summed E-state index contributed by atoms with van der Waals surface area (Å²) in [6.45, 7) is 3.87. The molecule has 0 saturated carbocycles. The standard InChI is InChI=1S/C21H26ClN3O3/c1-23(14-16-13-17(22)3-8-20(16)28-2)15-21(27)25-11-9-24(10-12-25)18-4-6-19(26)7-5-18/h3-8,13,26H,9-12,14-15H2,1-2H3. The lowest BCUT2D eigenvalue weighted by Gasteiger charge is -2.36. The normalized spacial score (nSPS) is 14.4. The number of phenols is 1. The summed E-state index contributed by atoms with van der Waals surface area (Å²) in [6, 6.07) is 12.7. The fourth-order valence-corrected chi connectivity index (χ4v) is 3.62. The van der Waals surface area contributed by atoms with Gasteiger partial charge in [-0.15, -0.1) is 0 Å². The Labute approximate surface area is 170 Å². The van der Waals surface area contributed by atoms with Crippen LogP contribution in [0.5, 0.6) is 11.5 Å². The monoisotopic (exact) mass is 403 g/mol. The summed E-state index contributed by atoms with van der Waals surface area (Å²) < 4.78 is 5.38. The highest BCUT2D eigenvalue weighted by Gasteiger charge is 2.22. The molecule has 0 atom stereocenters. The van der Waals surface area contributed by atoms with Gasteiger partial charge in [0.25, 0.3) is 0 Å². The molecule has 1 aliphatic rings. The number of carbonyl (C=O) groups excluding carboxylic acids is 1. The molecular formula is C21H26ClN3O3. The molecule has 0 radical (unpaired) electrons. The largest absolute Gasteiger partial charge is 0.508 e. The predicted octanol–water partition coefficient (Wildman–Crippen LogP) is 2.83. The molecule has 0 aliphatic carbocycles. The maximum atomic E-state index is 12.7. The van der Waals surface area contributed by atoms with Crippen LogP contribution in [0.15, 0.2) is 42.5 Å². The number of phenolic OH excluding ortho intramolecular Hbond substituents is 1. The van der Waals surface area contributed by atoms with Crippen molar-refractivity contribution in [1.29, 1.82) is 0 Å². The van der Waals surface area contributed by atoms with Gasteiger partial charge in [0.2, 0.25) is 5.91 Å². The fourth-order valence-electron chi connectivity index (χ4n) is 3.43. The number of carbonyl (C=O) groups is 1. The third-order valence-electron chi connectivity index (χ3n) is 4.94. The smallest absolute Gasteiger partial charge is 0.236 e. The highest BCUT2D eigenvalue weighted by Crippen LogP contribution is 2.24. The van der Waals surface area contributed by atoms with E-state index in [4.69, 9.17) is 16.3 Å². The second-order valence-corrected chi connectivity index (χ2v) is 7.45. The Morgan fingerprint density at radius 2 is 1.82 bits per heavy atom. The van der Waals surface area contributed by atoms with E-state index in [1.807, 2.05) is 41.1 Å². The van der Waals surface area contributed by atoms with Crippen molar-refractivity contribution < 1.29 is 14.6 Å². The van der Waals surface area contributed by atoms with E-state index in [0.29, 0.717) is 31.2 Å². The number of aromatic hydroxyl groups is 1. The first-order valence-electron chi connectivity index (χ1n) is 9.29. The second-order valence-electron chi connectivity index (χ2n) is 7.01. The first kappa shape index (κ1) is 20.3. The van der Waals surface area contributed by atoms with E-state index in [2.05, 4.69) is 4.90 Å². The van der Waals surface area contributed by atoms with Gasteiger partial charge >= 0.3 is 0 Å². The van der Waals surface area contributed by atoms with E-state index in [1.54, 1.807) is 25.3 Å². The Hall–Kier alpha value is -2.44. The van der Waals surface area contributed by atoms with E-state index in [-0.39, 0.29) is 11.7 Å². The van der Waals surface area contributed by atoms with Crippen molar-refractivity contribution >= 4 is 23.2 Å². The number of anilines is 1. The summed E-state index contributed by atoms with van der Waals surface area (Å²) in [7, 11) is 3.55. The highest BCUT2D eigenvalue weighted by molar-refractivity contribution is 6.30. The second kappa shape index (κ2) is 9.17. The van der Waals surface area contributed by atoms with Gasteiger partial charge in [0.15, 0.2) is 0 Å². The van der Waals surface area contributed by atoms with Crippen LogP contribution in [-0.2, 0) is 11.3 Å². The van der Waals surface area contributed by atoms with E-state index >= 15 is 0 Å². The topological polar surface area (TPSA) is 56.2 Å². The first-order chi connectivity index (χ1) is 13.5. The number of hydrogen-bond donors (Lipinski definition) is 1. The fraction of sp³-hybridized carbons (Fsp3) is 0.381. The Kier molecular flexibility index (Phi) is 6.65. The third kappa shape index (κ3) is 5.09. The molecule has 3 rings (SSSR count). The van der Waals surface area contributed by atoms with Gasteiger partial charge in [0.05, 0.1) is 13.7 Å². The molecule has 0 aromatic heterocycles. The zero-order chi connectivity index (χ0) is 20.1. The van der Waals surface area contributed by atoms with E-state index < -0.39 is 0 Å². The Balaban J connectivity index is 1.51. The van der Waals surface area contributed by atoms with Crippen molar-refractivity contribution in [3.05, 3.63) is 53.1 Å². The van der Waals surface area contributed by atoms with Crippen molar-refractivity contribution in [2.24, 2.45) is 0 Å². The molecule has 1 saturated heterocycles. The number of hydrogen-bond acceptors (Lipinski definition) is 5. The van der Waals surface area contributed by atoms with Crippen molar-refractivity contribution in [2.75, 3.05) is 51.8 Å². The maximum Gasteiger partial charge on any atom is 0.236 e. The van der Waals surface area contributed by atoms with Crippen molar-refractivity contribution in [3.63, 3.8) is 0 Å². The van der Waals surface area contributed by atoms with Crippen LogP contribution in [0.2, 0.25) is 5.02 Å². The quantitative estimate of drug-likeness (QED) is 0.803. The summed E-state index contributed by atoms with van der Waals surface area (Å²) in [5.74, 6) is 1.15. The molecule has 7 heteroatoms. The van der Waals surface area contributed by atoms with Crippen molar-refractivity contribution in [3.8, 4) is 11.5 Å². The molecule has 28 heavy (non-hydrogen) atoms. The maximum absolute atomic E-state index is 12.7. The lowest BCUT2D eigenvalue weighted by molar-refractivity contribution is -0.132. The Bertz CT molecular complexity index is 805. The number of methoxy groups -OCH3 is 1. The van der Waals surface area contributed by atoms with E-state index in [9.17, 15) is 9.90 Å². The molecule has 1 amide bonds. The molecular weight excluding hydrogens is 378 g/mol.